The molecule has 5 heteroatoms. The Bertz CT molecular complexity index is 638. The normalized spacial score (nSPS) is 14.8. The summed E-state index contributed by atoms with van der Waals surface area (Å²) in [5, 5.41) is 6.67. The van der Waals surface area contributed by atoms with Gasteiger partial charge in [-0.2, -0.15) is 5.10 Å². The first-order valence-corrected chi connectivity index (χ1v) is 6.03. The summed E-state index contributed by atoms with van der Waals surface area (Å²) in [7, 11) is 1.63. The van der Waals surface area contributed by atoms with E-state index in [4.69, 9.17) is 4.74 Å². The third kappa shape index (κ3) is 1.72. The number of hydrogen-bond donors (Lipinski definition) is 1. The van der Waals surface area contributed by atoms with Crippen molar-refractivity contribution in [2.24, 2.45) is 0 Å². The predicted molar refractivity (Wildman–Crippen MR) is 67.4 cm³/mol. The number of hydrogen-bond acceptors (Lipinski definition) is 3. The first-order chi connectivity index (χ1) is 8.70. The van der Waals surface area contributed by atoms with Crippen molar-refractivity contribution < 1.29 is 4.74 Å². The van der Waals surface area contributed by atoms with E-state index in [-0.39, 0.29) is 5.69 Å². The van der Waals surface area contributed by atoms with Crippen LogP contribution < -0.4 is 10.4 Å². The first-order valence-electron chi connectivity index (χ1n) is 6.03. The van der Waals surface area contributed by atoms with E-state index in [1.54, 1.807) is 11.7 Å². The van der Waals surface area contributed by atoms with Crippen LogP contribution in [-0.2, 0) is 0 Å². The number of H-pyrrole nitrogens is 1. The summed E-state index contributed by atoms with van der Waals surface area (Å²) in [6, 6.07) is 5.68. The summed E-state index contributed by atoms with van der Waals surface area (Å²) < 4.78 is 6.85. The van der Waals surface area contributed by atoms with Gasteiger partial charge in [0.1, 0.15) is 11.6 Å². The Morgan fingerprint density at radius 1 is 1.44 bits per heavy atom. The Morgan fingerprint density at radius 2 is 2.22 bits per heavy atom. The molecule has 0 radical (unpaired) electrons. The molecule has 1 aromatic heterocycles. The minimum absolute atomic E-state index is 0.176. The molecule has 3 rings (SSSR count). The van der Waals surface area contributed by atoms with E-state index < -0.39 is 0 Å². The van der Waals surface area contributed by atoms with Crippen molar-refractivity contribution in [2.45, 2.75) is 25.7 Å². The molecule has 94 valence electrons. The molecule has 0 saturated heterocycles. The van der Waals surface area contributed by atoms with Crippen LogP contribution in [0.2, 0.25) is 0 Å². The fraction of sp³-hybridized carbons (Fsp3) is 0.385. The van der Waals surface area contributed by atoms with Gasteiger partial charge in [-0.3, -0.25) is 0 Å². The van der Waals surface area contributed by atoms with Crippen LogP contribution in [0.1, 0.15) is 30.1 Å². The summed E-state index contributed by atoms with van der Waals surface area (Å²) in [5.74, 6) is 2.06. The van der Waals surface area contributed by atoms with Gasteiger partial charge in [0, 0.05) is 5.92 Å². The van der Waals surface area contributed by atoms with Gasteiger partial charge in [0.05, 0.1) is 12.8 Å². The second-order valence-corrected chi connectivity index (χ2v) is 4.65. The highest BCUT2D eigenvalue weighted by Crippen LogP contribution is 2.39. The summed E-state index contributed by atoms with van der Waals surface area (Å²) >= 11 is 0. The van der Waals surface area contributed by atoms with Crippen molar-refractivity contribution in [3.63, 3.8) is 0 Å². The van der Waals surface area contributed by atoms with Crippen LogP contribution in [-0.4, -0.2) is 21.9 Å². The number of nitrogens with zero attached hydrogens (tertiary/aromatic N) is 2. The Hall–Kier alpha value is -2.04. The average molecular weight is 245 g/mol. The molecular weight excluding hydrogens is 230 g/mol. The van der Waals surface area contributed by atoms with Crippen LogP contribution in [0.3, 0.4) is 0 Å². The molecule has 1 N–H and O–H groups in total. The highest BCUT2D eigenvalue weighted by molar-refractivity contribution is 5.46. The van der Waals surface area contributed by atoms with Gasteiger partial charge >= 0.3 is 5.69 Å². The third-order valence-corrected chi connectivity index (χ3v) is 3.29. The molecule has 1 heterocycles. The number of aromatic amines is 1. The molecule has 18 heavy (non-hydrogen) atoms. The average Bonchev–Trinajstić information content (AvgIpc) is 3.14. The number of methoxy groups -OCH3 is 1. The van der Waals surface area contributed by atoms with Crippen molar-refractivity contribution in [3.8, 4) is 11.4 Å². The minimum atomic E-state index is -0.176. The van der Waals surface area contributed by atoms with Gasteiger partial charge in [-0.1, -0.05) is 0 Å². The third-order valence-electron chi connectivity index (χ3n) is 3.29. The number of aromatic nitrogens is 3. The number of aryl methyl sites for hydroxylation is 1. The molecule has 0 unspecified atom stereocenters. The van der Waals surface area contributed by atoms with Crippen molar-refractivity contribution in [1.82, 2.24) is 14.8 Å². The Balaban J connectivity index is 2.14. The van der Waals surface area contributed by atoms with Crippen molar-refractivity contribution in [3.05, 3.63) is 40.1 Å². The topological polar surface area (TPSA) is 59.9 Å². The molecule has 5 nitrogen and oxygen atoms in total. The van der Waals surface area contributed by atoms with Crippen LogP contribution >= 0.6 is 0 Å². The molecule has 1 aliphatic carbocycles. The van der Waals surface area contributed by atoms with E-state index in [0.29, 0.717) is 5.92 Å². The van der Waals surface area contributed by atoms with Crippen LogP contribution in [0, 0.1) is 6.92 Å². The van der Waals surface area contributed by atoms with E-state index in [9.17, 15) is 4.79 Å². The molecule has 1 aromatic carbocycles. The van der Waals surface area contributed by atoms with E-state index in [1.165, 1.54) is 0 Å². The van der Waals surface area contributed by atoms with Gasteiger partial charge in [-0.05, 0) is 43.5 Å². The van der Waals surface area contributed by atoms with Gasteiger partial charge in [0.2, 0.25) is 0 Å². The smallest absolute Gasteiger partial charge is 0.347 e. The van der Waals surface area contributed by atoms with Crippen LogP contribution in [0.15, 0.2) is 23.0 Å². The molecule has 1 aliphatic rings. The second-order valence-electron chi connectivity index (χ2n) is 4.65. The van der Waals surface area contributed by atoms with Crippen LogP contribution in [0.25, 0.3) is 5.69 Å². The summed E-state index contributed by atoms with van der Waals surface area (Å²) in [4.78, 5) is 11.9. The Labute approximate surface area is 104 Å². The summed E-state index contributed by atoms with van der Waals surface area (Å²) in [5.41, 5.74) is 1.70. The summed E-state index contributed by atoms with van der Waals surface area (Å²) in [6.45, 7) is 1.97. The van der Waals surface area contributed by atoms with Crippen molar-refractivity contribution >= 4 is 0 Å². The minimum Gasteiger partial charge on any atom is -0.497 e. The largest absolute Gasteiger partial charge is 0.497 e. The van der Waals surface area contributed by atoms with Gasteiger partial charge in [-0.25, -0.2) is 14.5 Å². The maximum atomic E-state index is 11.9. The lowest BCUT2D eigenvalue weighted by atomic mass is 10.2. The number of ether oxygens (including phenoxy) is 1. The van der Waals surface area contributed by atoms with E-state index >= 15 is 0 Å². The predicted octanol–water partition coefficient (Wildman–Crippen LogP) is 1.76. The van der Waals surface area contributed by atoms with Gasteiger partial charge in [0.15, 0.2) is 0 Å². The zero-order valence-corrected chi connectivity index (χ0v) is 10.4. The summed E-state index contributed by atoms with van der Waals surface area (Å²) in [6.07, 6.45) is 2.22. The lowest BCUT2D eigenvalue weighted by Gasteiger charge is -2.09. The second kappa shape index (κ2) is 4.01. The van der Waals surface area contributed by atoms with E-state index in [0.717, 1.165) is 35.7 Å². The molecule has 0 atom stereocenters. The molecule has 0 amide bonds. The SMILES string of the molecule is COc1ccc(-n2c(C3CC3)n[nH]c2=O)c(C)c1. The van der Waals surface area contributed by atoms with Crippen LogP contribution in [0.5, 0.6) is 5.75 Å². The number of rotatable bonds is 3. The highest BCUT2D eigenvalue weighted by atomic mass is 16.5. The van der Waals surface area contributed by atoms with Crippen LogP contribution in [0.4, 0.5) is 0 Å². The van der Waals surface area contributed by atoms with Gasteiger partial charge in [-0.15, -0.1) is 0 Å². The highest BCUT2D eigenvalue weighted by Gasteiger charge is 2.30. The number of benzene rings is 1. The molecular formula is C13H15N3O2. The molecule has 2 aromatic rings. The van der Waals surface area contributed by atoms with Gasteiger partial charge in [0.25, 0.3) is 0 Å². The van der Waals surface area contributed by atoms with Crippen molar-refractivity contribution in [1.29, 1.82) is 0 Å². The van der Waals surface area contributed by atoms with E-state index in [2.05, 4.69) is 10.2 Å². The van der Waals surface area contributed by atoms with Gasteiger partial charge < -0.3 is 4.74 Å². The quantitative estimate of drug-likeness (QED) is 0.896. The maximum absolute atomic E-state index is 11.9. The fourth-order valence-electron chi connectivity index (χ4n) is 2.16. The standard InChI is InChI=1S/C13H15N3O2/c1-8-7-10(18-2)5-6-11(8)16-12(9-3-4-9)14-15-13(16)17/h5-7,9H,3-4H2,1-2H3,(H,15,17). The van der Waals surface area contributed by atoms with Crippen molar-refractivity contribution in [2.75, 3.05) is 7.11 Å². The molecule has 0 aliphatic heterocycles. The monoisotopic (exact) mass is 245 g/mol. The Kier molecular flexibility index (Phi) is 2.47. The van der Waals surface area contributed by atoms with E-state index in [1.807, 2.05) is 25.1 Å². The lowest BCUT2D eigenvalue weighted by Crippen LogP contribution is -2.17. The molecule has 1 fully saturated rings. The first kappa shape index (κ1) is 11.1. The Morgan fingerprint density at radius 3 is 2.83 bits per heavy atom. The zero-order chi connectivity index (χ0) is 12.7. The maximum Gasteiger partial charge on any atom is 0.347 e. The lowest BCUT2D eigenvalue weighted by molar-refractivity contribution is 0.414. The molecule has 0 spiro atoms. The fourth-order valence-corrected chi connectivity index (χ4v) is 2.16. The molecule has 0 bridgehead atoms. The number of nitrogens with one attached hydrogen (secondary N) is 1. The zero-order valence-electron chi connectivity index (χ0n) is 10.4. The molecule has 1 saturated carbocycles.